The number of esters is 3. The third kappa shape index (κ3) is 7.56. The molecule has 40 heavy (non-hydrogen) atoms. The summed E-state index contributed by atoms with van der Waals surface area (Å²) in [6, 6.07) is 11.0. The van der Waals surface area contributed by atoms with Crippen LogP contribution in [0.2, 0.25) is 0 Å². The van der Waals surface area contributed by atoms with Crippen molar-refractivity contribution in [2.45, 2.75) is 75.7 Å². The van der Waals surface area contributed by atoms with E-state index in [9.17, 15) is 14.4 Å². The number of fused-ring (bicyclic) bond motifs is 1. The van der Waals surface area contributed by atoms with Crippen molar-refractivity contribution in [3.63, 3.8) is 0 Å². The highest BCUT2D eigenvalue weighted by molar-refractivity contribution is 7.19. The zero-order valence-corrected chi connectivity index (χ0v) is 25.9. The average molecular weight is 566 g/mol. The van der Waals surface area contributed by atoms with Gasteiger partial charge in [0.05, 0.1) is 32.0 Å². The summed E-state index contributed by atoms with van der Waals surface area (Å²) >= 11 is 1.45. The summed E-state index contributed by atoms with van der Waals surface area (Å²) in [6.45, 7) is 17.7. The topological polar surface area (TPSA) is 91.8 Å². The fourth-order valence-electron chi connectivity index (χ4n) is 3.24. The van der Waals surface area contributed by atoms with Crippen molar-refractivity contribution in [1.29, 1.82) is 0 Å². The Bertz CT molecular complexity index is 1430. The van der Waals surface area contributed by atoms with Crippen LogP contribution in [-0.4, -0.2) is 22.9 Å². The molecule has 8 heteroatoms. The molecule has 1 aromatic heterocycles. The van der Waals surface area contributed by atoms with E-state index in [1.807, 2.05) is 31.2 Å². The largest absolute Gasteiger partial charge is 0.426 e. The molecule has 0 spiro atoms. The summed E-state index contributed by atoms with van der Waals surface area (Å²) in [7, 11) is 0. The first kappa shape index (κ1) is 31.0. The van der Waals surface area contributed by atoms with Gasteiger partial charge >= 0.3 is 17.9 Å². The van der Waals surface area contributed by atoms with Crippen LogP contribution < -0.4 is 9.47 Å². The second-order valence-electron chi connectivity index (χ2n) is 12.8. The Morgan fingerprint density at radius 1 is 0.800 bits per heavy atom. The first-order valence-corrected chi connectivity index (χ1v) is 14.1. The quantitative estimate of drug-likeness (QED) is 0.171. The lowest BCUT2D eigenvalue weighted by molar-refractivity contribution is -0.145. The highest BCUT2D eigenvalue weighted by Gasteiger charge is 2.31. The zero-order valence-electron chi connectivity index (χ0n) is 25.1. The Labute approximate surface area is 240 Å². The normalized spacial score (nSPS) is 12.8. The standard InChI is InChI=1S/C32H39NO6S/c1-11-19-16-20(23(38-28(35)31(5,6)7)17-22(19)37-27(34)30(2,3)4)24(39-29(36)32(8,9)10)18-26-33-21-14-12-13-15-25(21)40-26/h12-18H,11H2,1-10H3/b24-18+. The predicted octanol–water partition coefficient (Wildman–Crippen LogP) is 7.85. The van der Waals surface area contributed by atoms with Crippen molar-refractivity contribution in [2.24, 2.45) is 16.2 Å². The summed E-state index contributed by atoms with van der Waals surface area (Å²) in [6.07, 6.45) is 2.19. The van der Waals surface area contributed by atoms with Crippen molar-refractivity contribution in [1.82, 2.24) is 4.98 Å². The minimum Gasteiger partial charge on any atom is -0.426 e. The van der Waals surface area contributed by atoms with Crippen LogP contribution in [0.1, 0.15) is 85.4 Å². The Balaban J connectivity index is 2.27. The van der Waals surface area contributed by atoms with Gasteiger partial charge in [0.2, 0.25) is 0 Å². The molecule has 0 saturated carbocycles. The maximum Gasteiger partial charge on any atom is 0.316 e. The van der Waals surface area contributed by atoms with Crippen LogP contribution in [0.4, 0.5) is 0 Å². The van der Waals surface area contributed by atoms with Crippen LogP contribution in [0.25, 0.3) is 22.1 Å². The smallest absolute Gasteiger partial charge is 0.316 e. The number of hydrogen-bond acceptors (Lipinski definition) is 8. The maximum atomic E-state index is 13.1. The van der Waals surface area contributed by atoms with Gasteiger partial charge < -0.3 is 14.2 Å². The second kappa shape index (κ2) is 11.5. The van der Waals surface area contributed by atoms with Gasteiger partial charge in [-0.3, -0.25) is 14.4 Å². The molecule has 0 saturated heterocycles. The third-order valence-corrected chi connectivity index (χ3v) is 6.80. The number of carbonyl (C=O) groups is 3. The molecule has 3 rings (SSSR count). The molecule has 0 amide bonds. The summed E-state index contributed by atoms with van der Waals surface area (Å²) in [5.74, 6) is -0.805. The first-order valence-electron chi connectivity index (χ1n) is 13.3. The minimum atomic E-state index is -0.818. The number of carbonyl (C=O) groups excluding carboxylic acids is 3. The number of aromatic nitrogens is 1. The van der Waals surface area contributed by atoms with Crippen LogP contribution >= 0.6 is 11.3 Å². The van der Waals surface area contributed by atoms with Crippen LogP contribution in [0.3, 0.4) is 0 Å². The van der Waals surface area contributed by atoms with E-state index in [0.717, 1.165) is 10.2 Å². The van der Waals surface area contributed by atoms with E-state index in [4.69, 9.17) is 14.2 Å². The second-order valence-corrected chi connectivity index (χ2v) is 13.8. The SMILES string of the molecule is CCc1cc(/C(=C\c2nc3ccccc3s2)OC(=O)C(C)(C)C)c(OC(=O)C(C)(C)C)cc1OC(=O)C(C)(C)C. The van der Waals surface area contributed by atoms with Crippen LogP contribution in [0, 0.1) is 16.2 Å². The van der Waals surface area contributed by atoms with E-state index < -0.39 is 34.2 Å². The van der Waals surface area contributed by atoms with E-state index in [-0.39, 0.29) is 17.3 Å². The van der Waals surface area contributed by atoms with E-state index in [0.29, 0.717) is 22.6 Å². The van der Waals surface area contributed by atoms with Crippen molar-refractivity contribution in [3.8, 4) is 11.5 Å². The van der Waals surface area contributed by atoms with Gasteiger partial charge in [0.15, 0.2) is 0 Å². The van der Waals surface area contributed by atoms with Crippen molar-refractivity contribution < 1.29 is 28.6 Å². The lowest BCUT2D eigenvalue weighted by Gasteiger charge is -2.23. The summed E-state index contributed by atoms with van der Waals surface area (Å²) in [5, 5.41) is 0.618. The molecule has 0 N–H and O–H groups in total. The van der Waals surface area contributed by atoms with Gasteiger partial charge in [-0.2, -0.15) is 0 Å². The molecule has 1 heterocycles. The highest BCUT2D eigenvalue weighted by Crippen LogP contribution is 2.39. The summed E-state index contributed by atoms with van der Waals surface area (Å²) in [5.41, 5.74) is -0.482. The number of aryl methyl sites for hydroxylation is 1. The van der Waals surface area contributed by atoms with Gasteiger partial charge in [-0.15, -0.1) is 11.3 Å². The van der Waals surface area contributed by atoms with Gasteiger partial charge in [-0.25, -0.2) is 4.98 Å². The number of nitrogens with zero attached hydrogens (tertiary/aromatic N) is 1. The third-order valence-electron chi connectivity index (χ3n) is 5.82. The minimum absolute atomic E-state index is 0.114. The Kier molecular flexibility index (Phi) is 8.94. The number of thiazole rings is 1. The number of ether oxygens (including phenoxy) is 3. The molecule has 0 radical (unpaired) electrons. The molecule has 7 nitrogen and oxygen atoms in total. The van der Waals surface area contributed by atoms with Crippen molar-refractivity contribution in [2.75, 3.05) is 0 Å². The fourth-order valence-corrected chi connectivity index (χ4v) is 4.14. The molecular weight excluding hydrogens is 526 g/mol. The zero-order chi connectivity index (χ0) is 30.0. The molecular formula is C32H39NO6S. The van der Waals surface area contributed by atoms with Crippen LogP contribution in [0.15, 0.2) is 36.4 Å². The lowest BCUT2D eigenvalue weighted by atomic mass is 9.96. The van der Waals surface area contributed by atoms with Crippen molar-refractivity contribution >= 4 is 51.3 Å². The number of benzene rings is 2. The molecule has 0 unspecified atom stereocenters. The predicted molar refractivity (Wildman–Crippen MR) is 159 cm³/mol. The molecule has 0 aliphatic carbocycles. The maximum absolute atomic E-state index is 13.1. The van der Waals surface area contributed by atoms with E-state index >= 15 is 0 Å². The number of hydrogen-bond donors (Lipinski definition) is 0. The van der Waals surface area contributed by atoms with E-state index in [1.54, 1.807) is 74.5 Å². The Morgan fingerprint density at radius 3 is 1.88 bits per heavy atom. The Morgan fingerprint density at radius 2 is 1.35 bits per heavy atom. The number of para-hydroxylation sites is 1. The van der Waals surface area contributed by atoms with Crippen LogP contribution in [0.5, 0.6) is 11.5 Å². The molecule has 2 aromatic carbocycles. The fraction of sp³-hybridized carbons (Fsp3) is 0.438. The van der Waals surface area contributed by atoms with Gasteiger partial charge in [0.25, 0.3) is 0 Å². The van der Waals surface area contributed by atoms with E-state index in [2.05, 4.69) is 4.98 Å². The van der Waals surface area contributed by atoms with Crippen molar-refractivity contribution in [3.05, 3.63) is 52.5 Å². The molecule has 0 bridgehead atoms. The Hall–Kier alpha value is -3.52. The molecule has 0 fully saturated rings. The first-order chi connectivity index (χ1) is 18.4. The van der Waals surface area contributed by atoms with Gasteiger partial charge in [0, 0.05) is 12.1 Å². The molecule has 214 valence electrons. The average Bonchev–Trinajstić information content (AvgIpc) is 3.24. The van der Waals surface area contributed by atoms with Gasteiger partial charge in [-0.05, 0) is 92.5 Å². The molecule has 0 aliphatic heterocycles. The molecule has 0 atom stereocenters. The monoisotopic (exact) mass is 565 g/mol. The highest BCUT2D eigenvalue weighted by atomic mass is 32.1. The lowest BCUT2D eigenvalue weighted by Crippen LogP contribution is -2.27. The van der Waals surface area contributed by atoms with E-state index in [1.165, 1.54) is 17.4 Å². The summed E-state index contributed by atoms with van der Waals surface area (Å²) < 4.78 is 18.6. The van der Waals surface area contributed by atoms with Gasteiger partial charge in [0.1, 0.15) is 22.3 Å². The number of rotatable bonds is 6. The molecule has 0 aliphatic rings. The molecule has 3 aromatic rings. The van der Waals surface area contributed by atoms with Crippen LogP contribution in [-0.2, 0) is 25.5 Å². The van der Waals surface area contributed by atoms with Gasteiger partial charge in [-0.1, -0.05) is 19.1 Å². The summed E-state index contributed by atoms with van der Waals surface area (Å²) in [4.78, 5) is 43.6.